The molecule has 0 aliphatic heterocycles. The van der Waals surface area contributed by atoms with Crippen molar-refractivity contribution in [1.29, 1.82) is 0 Å². The first kappa shape index (κ1) is 9.79. The molecule has 0 unspecified atom stereocenters. The van der Waals surface area contributed by atoms with Crippen molar-refractivity contribution in [3.8, 4) is 0 Å². The third kappa shape index (κ3) is 2.38. The predicted octanol–water partition coefficient (Wildman–Crippen LogP) is 3.45. The minimum atomic E-state index is 0.657. The normalized spacial score (nSPS) is 11.0. The lowest BCUT2D eigenvalue weighted by atomic mass is 10.2. The smallest absolute Gasteiger partial charge is 0.229 e. The summed E-state index contributed by atoms with van der Waals surface area (Å²) in [4.78, 5) is 4.00. The van der Waals surface area contributed by atoms with Crippen LogP contribution >= 0.6 is 11.3 Å². The van der Waals surface area contributed by atoms with Crippen LogP contribution in [0.4, 0.5) is 16.5 Å². The van der Waals surface area contributed by atoms with Crippen molar-refractivity contribution in [2.24, 2.45) is 10.2 Å². The molecule has 0 atom stereocenters. The van der Waals surface area contributed by atoms with Gasteiger partial charge in [0.1, 0.15) is 0 Å². The van der Waals surface area contributed by atoms with E-state index in [0.29, 0.717) is 5.13 Å². The van der Waals surface area contributed by atoms with E-state index in [9.17, 15) is 0 Å². The van der Waals surface area contributed by atoms with E-state index < -0.39 is 0 Å². The van der Waals surface area contributed by atoms with E-state index in [4.69, 9.17) is 5.73 Å². The number of nitrogen functional groups attached to an aromatic ring is 1. The van der Waals surface area contributed by atoms with Gasteiger partial charge < -0.3 is 5.73 Å². The van der Waals surface area contributed by atoms with Crippen molar-refractivity contribution in [3.05, 3.63) is 35.3 Å². The SMILES string of the molecule is Cc1cc(/N=N/c2nccs2)ccc1N. The molecule has 0 fully saturated rings. The molecule has 0 spiro atoms. The van der Waals surface area contributed by atoms with Gasteiger partial charge in [0.2, 0.25) is 5.13 Å². The van der Waals surface area contributed by atoms with Crippen LogP contribution in [0, 0.1) is 6.92 Å². The highest BCUT2D eigenvalue weighted by molar-refractivity contribution is 7.13. The van der Waals surface area contributed by atoms with E-state index >= 15 is 0 Å². The Kier molecular flexibility index (Phi) is 2.73. The van der Waals surface area contributed by atoms with Gasteiger partial charge in [0.15, 0.2) is 0 Å². The van der Waals surface area contributed by atoms with Gasteiger partial charge in [-0.3, -0.25) is 0 Å². The summed E-state index contributed by atoms with van der Waals surface area (Å²) in [5.41, 5.74) is 8.26. The highest BCUT2D eigenvalue weighted by atomic mass is 32.1. The highest BCUT2D eigenvalue weighted by Crippen LogP contribution is 2.22. The van der Waals surface area contributed by atoms with Gasteiger partial charge in [-0.2, -0.15) is 0 Å². The van der Waals surface area contributed by atoms with Crippen molar-refractivity contribution < 1.29 is 0 Å². The van der Waals surface area contributed by atoms with Crippen molar-refractivity contribution >= 4 is 27.8 Å². The number of anilines is 1. The van der Waals surface area contributed by atoms with Crippen LogP contribution in [0.25, 0.3) is 0 Å². The van der Waals surface area contributed by atoms with Crippen LogP contribution in [0.2, 0.25) is 0 Å². The first-order chi connectivity index (χ1) is 7.25. The third-order valence-electron chi connectivity index (χ3n) is 1.92. The summed E-state index contributed by atoms with van der Waals surface area (Å²) in [6.07, 6.45) is 1.70. The standard InChI is InChI=1S/C10H10N4S/c1-7-6-8(2-3-9(7)11)13-14-10-12-4-5-15-10/h2-6H,11H2,1H3/b14-13+. The number of thiazole rings is 1. The Hall–Kier alpha value is -1.75. The lowest BCUT2D eigenvalue weighted by Gasteiger charge is -1.98. The molecule has 1 heterocycles. The summed E-state index contributed by atoms with van der Waals surface area (Å²) in [5, 5.41) is 10.6. The fraction of sp³-hybridized carbons (Fsp3) is 0.100. The zero-order valence-corrected chi connectivity index (χ0v) is 9.03. The van der Waals surface area contributed by atoms with Gasteiger partial charge in [0, 0.05) is 17.3 Å². The van der Waals surface area contributed by atoms with Crippen LogP contribution in [0.3, 0.4) is 0 Å². The molecule has 1 aromatic heterocycles. The first-order valence-electron chi connectivity index (χ1n) is 4.43. The number of rotatable bonds is 2. The van der Waals surface area contributed by atoms with Crippen LogP contribution in [-0.4, -0.2) is 4.98 Å². The molecule has 0 radical (unpaired) electrons. The molecule has 2 rings (SSSR count). The van der Waals surface area contributed by atoms with Gasteiger partial charge in [-0.1, -0.05) is 0 Å². The van der Waals surface area contributed by atoms with Crippen molar-refractivity contribution in [2.45, 2.75) is 6.92 Å². The molecule has 5 heteroatoms. The minimum absolute atomic E-state index is 0.657. The fourth-order valence-electron chi connectivity index (χ4n) is 1.09. The van der Waals surface area contributed by atoms with Gasteiger partial charge in [-0.05, 0) is 30.7 Å². The average Bonchev–Trinajstić information content (AvgIpc) is 2.73. The largest absolute Gasteiger partial charge is 0.399 e. The Balaban J connectivity index is 2.21. The monoisotopic (exact) mass is 218 g/mol. The maximum Gasteiger partial charge on any atom is 0.229 e. The summed E-state index contributed by atoms with van der Waals surface area (Å²) < 4.78 is 0. The molecular formula is C10H10N4S. The third-order valence-corrected chi connectivity index (χ3v) is 2.58. The quantitative estimate of drug-likeness (QED) is 0.619. The lowest BCUT2D eigenvalue weighted by molar-refractivity contribution is 1.19. The van der Waals surface area contributed by atoms with E-state index in [-0.39, 0.29) is 0 Å². The lowest BCUT2D eigenvalue weighted by Crippen LogP contribution is -1.86. The van der Waals surface area contributed by atoms with Crippen LogP contribution < -0.4 is 5.73 Å². The average molecular weight is 218 g/mol. The molecular weight excluding hydrogens is 208 g/mol. The zero-order valence-electron chi connectivity index (χ0n) is 8.21. The summed E-state index contributed by atoms with van der Waals surface area (Å²) in [6.45, 7) is 1.94. The molecule has 0 amide bonds. The molecule has 4 nitrogen and oxygen atoms in total. The molecule has 2 N–H and O–H groups in total. The Bertz CT molecular complexity index is 476. The number of nitrogens with zero attached hydrogens (tertiary/aromatic N) is 3. The number of hydrogen-bond donors (Lipinski definition) is 1. The zero-order chi connectivity index (χ0) is 10.7. The van der Waals surface area contributed by atoms with Crippen molar-refractivity contribution in [3.63, 3.8) is 0 Å². The molecule has 0 aliphatic rings. The van der Waals surface area contributed by atoms with E-state index in [0.717, 1.165) is 16.9 Å². The maximum absolute atomic E-state index is 5.70. The number of aryl methyl sites for hydroxylation is 1. The summed E-state index contributed by atoms with van der Waals surface area (Å²) in [6, 6.07) is 5.55. The molecule has 76 valence electrons. The molecule has 15 heavy (non-hydrogen) atoms. The van der Waals surface area contributed by atoms with Gasteiger partial charge in [0.05, 0.1) is 5.69 Å². The van der Waals surface area contributed by atoms with E-state index in [2.05, 4.69) is 15.2 Å². The second-order valence-corrected chi connectivity index (χ2v) is 3.93. The molecule has 0 bridgehead atoms. The van der Waals surface area contributed by atoms with Crippen LogP contribution in [0.5, 0.6) is 0 Å². The second-order valence-electron chi connectivity index (χ2n) is 3.06. The Morgan fingerprint density at radius 1 is 1.33 bits per heavy atom. The highest BCUT2D eigenvalue weighted by Gasteiger charge is 1.95. The van der Waals surface area contributed by atoms with E-state index in [1.807, 2.05) is 30.5 Å². The Morgan fingerprint density at radius 3 is 2.87 bits per heavy atom. The predicted molar refractivity (Wildman–Crippen MR) is 61.9 cm³/mol. The Morgan fingerprint density at radius 2 is 2.20 bits per heavy atom. The van der Waals surface area contributed by atoms with E-state index in [1.54, 1.807) is 6.20 Å². The number of aromatic nitrogens is 1. The molecule has 2 aromatic rings. The van der Waals surface area contributed by atoms with Gasteiger partial charge in [-0.25, -0.2) is 4.98 Å². The van der Waals surface area contributed by atoms with Crippen molar-refractivity contribution in [2.75, 3.05) is 5.73 Å². The second kappa shape index (κ2) is 4.18. The van der Waals surface area contributed by atoms with E-state index in [1.165, 1.54) is 11.3 Å². The molecule has 0 aliphatic carbocycles. The molecule has 0 saturated carbocycles. The minimum Gasteiger partial charge on any atom is -0.399 e. The summed E-state index contributed by atoms with van der Waals surface area (Å²) in [5.74, 6) is 0. The van der Waals surface area contributed by atoms with Gasteiger partial charge in [-0.15, -0.1) is 21.6 Å². The van der Waals surface area contributed by atoms with Crippen LogP contribution in [0.1, 0.15) is 5.56 Å². The van der Waals surface area contributed by atoms with Crippen LogP contribution in [-0.2, 0) is 0 Å². The number of hydrogen-bond acceptors (Lipinski definition) is 5. The summed E-state index contributed by atoms with van der Waals surface area (Å²) >= 11 is 1.45. The molecule has 0 saturated heterocycles. The fourth-order valence-corrected chi connectivity index (χ4v) is 1.54. The molecule has 1 aromatic carbocycles. The summed E-state index contributed by atoms with van der Waals surface area (Å²) in [7, 11) is 0. The first-order valence-corrected chi connectivity index (χ1v) is 5.31. The van der Waals surface area contributed by atoms with Crippen molar-refractivity contribution in [1.82, 2.24) is 4.98 Å². The number of benzene rings is 1. The Labute approximate surface area is 91.5 Å². The van der Waals surface area contributed by atoms with Gasteiger partial charge in [0.25, 0.3) is 0 Å². The van der Waals surface area contributed by atoms with Crippen LogP contribution in [0.15, 0.2) is 40.0 Å². The topological polar surface area (TPSA) is 63.6 Å². The number of nitrogens with two attached hydrogens (primary N) is 1. The van der Waals surface area contributed by atoms with Gasteiger partial charge >= 0.3 is 0 Å². The maximum atomic E-state index is 5.70. The number of azo groups is 1.